The van der Waals surface area contributed by atoms with E-state index in [4.69, 9.17) is 9.47 Å². The lowest BCUT2D eigenvalue weighted by molar-refractivity contribution is -0.142. The van der Waals surface area contributed by atoms with Crippen LogP contribution in [0.2, 0.25) is 0 Å². The summed E-state index contributed by atoms with van der Waals surface area (Å²) in [6.07, 6.45) is 0.329. The summed E-state index contributed by atoms with van der Waals surface area (Å²) in [4.78, 5) is 24.8. The normalized spacial score (nSPS) is 11.6. The molecule has 0 aliphatic heterocycles. The van der Waals surface area contributed by atoms with Crippen LogP contribution in [0.3, 0.4) is 0 Å². The van der Waals surface area contributed by atoms with Crippen LogP contribution in [0.25, 0.3) is 10.8 Å². The first-order valence-electron chi connectivity index (χ1n) is 8.61. The van der Waals surface area contributed by atoms with Crippen molar-refractivity contribution in [2.75, 3.05) is 14.2 Å². The van der Waals surface area contributed by atoms with Gasteiger partial charge >= 0.3 is 5.97 Å². The van der Waals surface area contributed by atoms with Crippen LogP contribution >= 0.6 is 0 Å². The highest BCUT2D eigenvalue weighted by atomic mass is 16.5. The molecular formula is C22H21NO4. The maximum absolute atomic E-state index is 12.7. The fraction of sp³-hybridized carbons (Fsp3) is 0.182. The molecule has 0 aromatic heterocycles. The molecule has 5 nitrogen and oxygen atoms in total. The Morgan fingerprint density at radius 3 is 2.30 bits per heavy atom. The lowest BCUT2D eigenvalue weighted by Gasteiger charge is -2.17. The molecular weight excluding hydrogens is 342 g/mol. The summed E-state index contributed by atoms with van der Waals surface area (Å²) < 4.78 is 10.00. The van der Waals surface area contributed by atoms with Gasteiger partial charge in [-0.3, -0.25) is 4.79 Å². The predicted octanol–water partition coefficient (Wildman–Crippen LogP) is 3.36. The van der Waals surface area contributed by atoms with E-state index in [9.17, 15) is 9.59 Å². The number of esters is 1. The number of amides is 1. The standard InChI is InChI=1S/C22H21NO4/c1-26-19-11-7-15(8-12-19)13-20(22(25)27-2)23-21(24)18-10-9-16-5-3-4-6-17(16)14-18/h3-12,14,20H,13H2,1-2H3,(H,23,24)/t20-/m1/s1. The molecule has 5 heteroatoms. The molecule has 0 aliphatic rings. The Balaban J connectivity index is 1.77. The van der Waals surface area contributed by atoms with Crippen LogP contribution in [-0.2, 0) is 16.0 Å². The third kappa shape index (κ3) is 4.44. The largest absolute Gasteiger partial charge is 0.497 e. The molecule has 3 rings (SSSR count). The Kier molecular flexibility index (Phi) is 5.71. The average molecular weight is 363 g/mol. The first-order valence-corrected chi connectivity index (χ1v) is 8.61. The molecule has 0 saturated carbocycles. The maximum atomic E-state index is 12.7. The maximum Gasteiger partial charge on any atom is 0.328 e. The average Bonchev–Trinajstić information content (AvgIpc) is 2.72. The smallest absolute Gasteiger partial charge is 0.328 e. The molecule has 138 valence electrons. The number of benzene rings is 3. The van der Waals surface area contributed by atoms with Gasteiger partial charge in [0.1, 0.15) is 11.8 Å². The van der Waals surface area contributed by atoms with Crippen molar-refractivity contribution in [3.05, 3.63) is 77.9 Å². The molecule has 0 unspecified atom stereocenters. The van der Waals surface area contributed by atoms with Gasteiger partial charge in [0.25, 0.3) is 5.91 Å². The topological polar surface area (TPSA) is 64.6 Å². The van der Waals surface area contributed by atoms with E-state index in [0.717, 1.165) is 22.1 Å². The molecule has 3 aromatic carbocycles. The third-order valence-corrected chi connectivity index (χ3v) is 4.40. The fourth-order valence-corrected chi connectivity index (χ4v) is 2.91. The zero-order chi connectivity index (χ0) is 19.2. The number of carbonyl (C=O) groups excluding carboxylic acids is 2. The van der Waals surface area contributed by atoms with Crippen molar-refractivity contribution in [1.82, 2.24) is 5.32 Å². The van der Waals surface area contributed by atoms with E-state index in [-0.39, 0.29) is 5.91 Å². The summed E-state index contributed by atoms with van der Waals surface area (Å²) in [5, 5.41) is 4.80. The van der Waals surface area contributed by atoms with Gasteiger partial charge in [-0.05, 0) is 40.6 Å². The van der Waals surface area contributed by atoms with Crippen molar-refractivity contribution in [3.63, 3.8) is 0 Å². The van der Waals surface area contributed by atoms with Crippen LogP contribution in [0.5, 0.6) is 5.75 Å². The Morgan fingerprint density at radius 2 is 1.63 bits per heavy atom. The number of hydrogen-bond acceptors (Lipinski definition) is 4. The summed E-state index contributed by atoms with van der Waals surface area (Å²) in [6, 6.07) is 19.8. The van der Waals surface area contributed by atoms with Crippen molar-refractivity contribution >= 4 is 22.6 Å². The second-order valence-electron chi connectivity index (χ2n) is 6.16. The summed E-state index contributed by atoms with van der Waals surface area (Å²) in [7, 11) is 2.90. The zero-order valence-electron chi connectivity index (χ0n) is 15.3. The number of hydrogen-bond donors (Lipinski definition) is 1. The van der Waals surface area contributed by atoms with Gasteiger partial charge in [0.05, 0.1) is 14.2 Å². The van der Waals surface area contributed by atoms with Crippen LogP contribution < -0.4 is 10.1 Å². The van der Waals surface area contributed by atoms with E-state index >= 15 is 0 Å². The van der Waals surface area contributed by atoms with Crippen molar-refractivity contribution in [2.24, 2.45) is 0 Å². The molecule has 0 heterocycles. The van der Waals surface area contributed by atoms with Crippen LogP contribution in [0.1, 0.15) is 15.9 Å². The monoisotopic (exact) mass is 363 g/mol. The Labute approximate surface area is 157 Å². The molecule has 0 bridgehead atoms. The number of rotatable bonds is 6. The van der Waals surface area contributed by atoms with Crippen LogP contribution in [0.15, 0.2) is 66.7 Å². The molecule has 1 N–H and O–H groups in total. The molecule has 0 fully saturated rings. The van der Waals surface area contributed by atoms with Gasteiger partial charge in [0.2, 0.25) is 0 Å². The molecule has 0 saturated heterocycles. The SMILES string of the molecule is COC(=O)[C@@H](Cc1ccc(OC)cc1)NC(=O)c1ccc2ccccc2c1. The lowest BCUT2D eigenvalue weighted by atomic mass is 10.0. The van der Waals surface area contributed by atoms with Gasteiger partial charge in [-0.1, -0.05) is 42.5 Å². The molecule has 0 aliphatic carbocycles. The summed E-state index contributed by atoms with van der Waals surface area (Å²) in [5.74, 6) is -0.0711. The summed E-state index contributed by atoms with van der Waals surface area (Å²) in [6.45, 7) is 0. The van der Waals surface area contributed by atoms with E-state index in [1.807, 2.05) is 60.7 Å². The number of methoxy groups -OCH3 is 2. The number of nitrogens with one attached hydrogen (secondary N) is 1. The van der Waals surface area contributed by atoms with E-state index in [0.29, 0.717) is 12.0 Å². The van der Waals surface area contributed by atoms with Crippen LogP contribution in [-0.4, -0.2) is 32.1 Å². The molecule has 1 amide bonds. The first kappa shape index (κ1) is 18.5. The number of fused-ring (bicyclic) bond motifs is 1. The van der Waals surface area contributed by atoms with E-state index in [1.54, 1.807) is 13.2 Å². The minimum absolute atomic E-state index is 0.315. The van der Waals surface area contributed by atoms with E-state index in [1.165, 1.54) is 7.11 Å². The van der Waals surface area contributed by atoms with Crippen molar-refractivity contribution in [1.29, 1.82) is 0 Å². The Hall–Kier alpha value is -3.34. The molecule has 0 spiro atoms. The highest BCUT2D eigenvalue weighted by Crippen LogP contribution is 2.17. The first-order chi connectivity index (χ1) is 13.1. The molecule has 3 aromatic rings. The van der Waals surface area contributed by atoms with Gasteiger partial charge in [0.15, 0.2) is 0 Å². The summed E-state index contributed by atoms with van der Waals surface area (Å²) in [5.41, 5.74) is 1.39. The quantitative estimate of drug-likeness (QED) is 0.682. The highest BCUT2D eigenvalue weighted by Gasteiger charge is 2.22. The zero-order valence-corrected chi connectivity index (χ0v) is 15.3. The fourth-order valence-electron chi connectivity index (χ4n) is 2.91. The van der Waals surface area contributed by atoms with Crippen molar-refractivity contribution in [3.8, 4) is 5.75 Å². The summed E-state index contributed by atoms with van der Waals surface area (Å²) >= 11 is 0. The van der Waals surface area contributed by atoms with Crippen molar-refractivity contribution in [2.45, 2.75) is 12.5 Å². The van der Waals surface area contributed by atoms with Crippen LogP contribution in [0, 0.1) is 0 Å². The van der Waals surface area contributed by atoms with Gasteiger partial charge in [-0.15, -0.1) is 0 Å². The second-order valence-corrected chi connectivity index (χ2v) is 6.16. The van der Waals surface area contributed by atoms with Crippen LogP contribution in [0.4, 0.5) is 0 Å². The van der Waals surface area contributed by atoms with Gasteiger partial charge in [-0.2, -0.15) is 0 Å². The van der Waals surface area contributed by atoms with Gasteiger partial charge in [0, 0.05) is 12.0 Å². The molecule has 1 atom stereocenters. The van der Waals surface area contributed by atoms with Gasteiger partial charge < -0.3 is 14.8 Å². The van der Waals surface area contributed by atoms with E-state index < -0.39 is 12.0 Å². The Morgan fingerprint density at radius 1 is 0.926 bits per heavy atom. The minimum atomic E-state index is -0.776. The minimum Gasteiger partial charge on any atom is -0.497 e. The van der Waals surface area contributed by atoms with Gasteiger partial charge in [-0.25, -0.2) is 4.79 Å². The third-order valence-electron chi connectivity index (χ3n) is 4.40. The number of carbonyl (C=O) groups is 2. The van der Waals surface area contributed by atoms with Crippen molar-refractivity contribution < 1.29 is 19.1 Å². The predicted molar refractivity (Wildman–Crippen MR) is 104 cm³/mol. The lowest BCUT2D eigenvalue weighted by Crippen LogP contribution is -2.43. The van der Waals surface area contributed by atoms with E-state index in [2.05, 4.69) is 5.32 Å². The highest BCUT2D eigenvalue weighted by molar-refractivity contribution is 6.00. The number of ether oxygens (including phenoxy) is 2. The second kappa shape index (κ2) is 8.36. The molecule has 27 heavy (non-hydrogen) atoms. The molecule has 0 radical (unpaired) electrons. The Bertz CT molecular complexity index is 950.